The van der Waals surface area contributed by atoms with Crippen LogP contribution in [0.15, 0.2) is 12.4 Å². The molecular weight excluding hydrogens is 236 g/mol. The van der Waals surface area contributed by atoms with Gasteiger partial charge in [0, 0.05) is 12.1 Å². The maximum absolute atomic E-state index is 10.9. The van der Waals surface area contributed by atoms with Crippen molar-refractivity contribution >= 4 is 22.1 Å². The Balaban J connectivity index is 2.00. The molecule has 0 bridgehead atoms. The second-order valence-electron chi connectivity index (χ2n) is 4.56. The number of imidazole rings is 1. The fourth-order valence-corrected chi connectivity index (χ4v) is 3.40. The lowest BCUT2D eigenvalue weighted by Crippen LogP contribution is -2.08. The Morgan fingerprint density at radius 1 is 1.41 bits per heavy atom. The second kappa shape index (κ2) is 4.14. The molecule has 1 aliphatic carbocycles. The third-order valence-electron chi connectivity index (χ3n) is 3.43. The van der Waals surface area contributed by atoms with E-state index in [1.807, 2.05) is 4.40 Å². The van der Waals surface area contributed by atoms with Gasteiger partial charge in [-0.25, -0.2) is 9.78 Å². The number of hydrogen-bond donors (Lipinski definition) is 1. The number of aromatic carboxylic acids is 1. The summed E-state index contributed by atoms with van der Waals surface area (Å²) in [5.41, 5.74) is 0. The normalized spacial score (nSPS) is 17.6. The zero-order valence-electron chi connectivity index (χ0n) is 9.43. The standard InChI is InChI=1S/C12H14N2O2S/c15-12(16)9-7-14-10(17-9)6-13-11(14)8-4-2-1-3-5-8/h6-8H,1-5H2,(H,15,16). The van der Waals surface area contributed by atoms with Gasteiger partial charge in [0.15, 0.2) is 0 Å². The highest BCUT2D eigenvalue weighted by Gasteiger charge is 2.21. The molecule has 0 amide bonds. The number of carboxylic acids is 1. The number of aromatic nitrogens is 2. The summed E-state index contributed by atoms with van der Waals surface area (Å²) in [5, 5.41) is 8.98. The van der Waals surface area contributed by atoms with Crippen LogP contribution >= 0.6 is 11.3 Å². The molecule has 0 radical (unpaired) electrons. The molecule has 1 N–H and O–H groups in total. The Labute approximate surface area is 103 Å². The summed E-state index contributed by atoms with van der Waals surface area (Å²) >= 11 is 1.29. The van der Waals surface area contributed by atoms with Crippen LogP contribution in [0.1, 0.15) is 53.5 Å². The van der Waals surface area contributed by atoms with E-state index in [9.17, 15) is 4.79 Å². The number of carbonyl (C=O) groups is 1. The fourth-order valence-electron chi connectivity index (χ4n) is 2.58. The van der Waals surface area contributed by atoms with Crippen molar-refractivity contribution < 1.29 is 9.90 Å². The van der Waals surface area contributed by atoms with Crippen LogP contribution in [0.3, 0.4) is 0 Å². The van der Waals surface area contributed by atoms with Gasteiger partial charge in [-0.05, 0) is 12.8 Å². The molecule has 0 atom stereocenters. The van der Waals surface area contributed by atoms with Crippen molar-refractivity contribution in [1.29, 1.82) is 0 Å². The van der Waals surface area contributed by atoms with Gasteiger partial charge >= 0.3 is 5.97 Å². The lowest BCUT2D eigenvalue weighted by atomic mass is 9.89. The average molecular weight is 250 g/mol. The molecule has 2 aromatic rings. The van der Waals surface area contributed by atoms with E-state index in [2.05, 4.69) is 4.98 Å². The van der Waals surface area contributed by atoms with Gasteiger partial charge in [-0.2, -0.15) is 0 Å². The van der Waals surface area contributed by atoms with E-state index in [0.717, 1.165) is 10.7 Å². The van der Waals surface area contributed by atoms with E-state index >= 15 is 0 Å². The van der Waals surface area contributed by atoms with Gasteiger partial charge in [0.05, 0.1) is 6.20 Å². The molecule has 3 rings (SSSR count). The third kappa shape index (κ3) is 1.84. The number of carboxylic acid groups (broad SMARTS) is 1. The molecule has 90 valence electrons. The van der Waals surface area contributed by atoms with Crippen LogP contribution in [0.4, 0.5) is 0 Å². The topological polar surface area (TPSA) is 54.6 Å². The average Bonchev–Trinajstić information content (AvgIpc) is 2.89. The zero-order valence-corrected chi connectivity index (χ0v) is 10.2. The SMILES string of the molecule is O=C(O)c1cn2c(C3CCCCC3)ncc2s1. The van der Waals surface area contributed by atoms with E-state index < -0.39 is 5.97 Å². The first-order chi connectivity index (χ1) is 8.25. The Morgan fingerprint density at radius 2 is 2.18 bits per heavy atom. The molecule has 4 nitrogen and oxygen atoms in total. The Morgan fingerprint density at radius 3 is 2.88 bits per heavy atom. The van der Waals surface area contributed by atoms with Gasteiger partial charge in [-0.1, -0.05) is 19.3 Å². The molecule has 0 saturated heterocycles. The summed E-state index contributed by atoms with van der Waals surface area (Å²) in [4.78, 5) is 16.7. The van der Waals surface area contributed by atoms with Crippen molar-refractivity contribution in [3.05, 3.63) is 23.1 Å². The van der Waals surface area contributed by atoms with Crippen LogP contribution in [-0.4, -0.2) is 20.5 Å². The fraction of sp³-hybridized carbons (Fsp3) is 0.500. The van der Waals surface area contributed by atoms with Crippen LogP contribution < -0.4 is 0 Å². The monoisotopic (exact) mass is 250 g/mol. The van der Waals surface area contributed by atoms with E-state index in [1.165, 1.54) is 43.4 Å². The van der Waals surface area contributed by atoms with Crippen molar-refractivity contribution in [2.45, 2.75) is 38.0 Å². The molecule has 2 aromatic heterocycles. The van der Waals surface area contributed by atoms with Gasteiger partial charge < -0.3 is 5.11 Å². The number of rotatable bonds is 2. The summed E-state index contributed by atoms with van der Waals surface area (Å²) in [5.74, 6) is 0.694. The van der Waals surface area contributed by atoms with Gasteiger partial charge in [-0.3, -0.25) is 4.40 Å². The van der Waals surface area contributed by atoms with Gasteiger partial charge in [0.25, 0.3) is 0 Å². The van der Waals surface area contributed by atoms with Crippen LogP contribution in [0.25, 0.3) is 4.83 Å². The van der Waals surface area contributed by atoms with Crippen molar-refractivity contribution in [2.75, 3.05) is 0 Å². The minimum Gasteiger partial charge on any atom is -0.477 e. The summed E-state index contributed by atoms with van der Waals surface area (Å²) < 4.78 is 1.96. The highest BCUT2D eigenvalue weighted by molar-refractivity contribution is 7.19. The molecule has 2 heterocycles. The van der Waals surface area contributed by atoms with Gasteiger partial charge in [-0.15, -0.1) is 11.3 Å². The predicted molar refractivity (Wildman–Crippen MR) is 65.9 cm³/mol. The number of fused-ring (bicyclic) bond motifs is 1. The van der Waals surface area contributed by atoms with E-state index in [-0.39, 0.29) is 0 Å². The van der Waals surface area contributed by atoms with Gasteiger partial charge in [0.1, 0.15) is 15.5 Å². The summed E-state index contributed by atoms with van der Waals surface area (Å²) in [6.07, 6.45) is 9.69. The van der Waals surface area contributed by atoms with Crippen molar-refractivity contribution in [3.8, 4) is 0 Å². The van der Waals surface area contributed by atoms with Crippen molar-refractivity contribution in [1.82, 2.24) is 9.38 Å². The Hall–Kier alpha value is -1.36. The molecule has 5 heteroatoms. The largest absolute Gasteiger partial charge is 0.477 e. The first-order valence-electron chi connectivity index (χ1n) is 5.96. The van der Waals surface area contributed by atoms with Crippen LogP contribution in [0.2, 0.25) is 0 Å². The molecule has 1 aliphatic rings. The van der Waals surface area contributed by atoms with Crippen molar-refractivity contribution in [2.24, 2.45) is 0 Å². The molecule has 17 heavy (non-hydrogen) atoms. The lowest BCUT2D eigenvalue weighted by Gasteiger charge is -2.19. The highest BCUT2D eigenvalue weighted by atomic mass is 32.1. The van der Waals surface area contributed by atoms with Crippen LogP contribution in [-0.2, 0) is 0 Å². The smallest absolute Gasteiger partial charge is 0.347 e. The van der Waals surface area contributed by atoms with E-state index in [0.29, 0.717) is 10.8 Å². The molecule has 0 aliphatic heterocycles. The van der Waals surface area contributed by atoms with Crippen molar-refractivity contribution in [3.63, 3.8) is 0 Å². The second-order valence-corrected chi connectivity index (χ2v) is 5.62. The maximum Gasteiger partial charge on any atom is 0.347 e. The summed E-state index contributed by atoms with van der Waals surface area (Å²) in [6.45, 7) is 0. The number of thiazole rings is 1. The number of hydrogen-bond acceptors (Lipinski definition) is 3. The van der Waals surface area contributed by atoms with Crippen LogP contribution in [0, 0.1) is 0 Å². The third-order valence-corrected chi connectivity index (χ3v) is 4.44. The zero-order chi connectivity index (χ0) is 11.8. The summed E-state index contributed by atoms with van der Waals surface area (Å²) in [7, 11) is 0. The summed E-state index contributed by atoms with van der Waals surface area (Å²) in [6, 6.07) is 0. The highest BCUT2D eigenvalue weighted by Crippen LogP contribution is 2.33. The van der Waals surface area contributed by atoms with E-state index in [1.54, 1.807) is 12.4 Å². The lowest BCUT2D eigenvalue weighted by molar-refractivity contribution is 0.0702. The van der Waals surface area contributed by atoms with Gasteiger partial charge in [0.2, 0.25) is 0 Å². The molecule has 0 spiro atoms. The molecule has 0 aromatic carbocycles. The minimum atomic E-state index is -0.853. The minimum absolute atomic E-state index is 0.388. The maximum atomic E-state index is 10.9. The molecule has 1 fully saturated rings. The number of nitrogens with zero attached hydrogens (tertiary/aromatic N) is 2. The predicted octanol–water partition coefficient (Wildman–Crippen LogP) is 3.14. The Kier molecular flexibility index (Phi) is 2.63. The first-order valence-corrected chi connectivity index (χ1v) is 6.77. The molecule has 0 unspecified atom stereocenters. The quantitative estimate of drug-likeness (QED) is 0.890. The first kappa shape index (κ1) is 10.8. The molecule has 1 saturated carbocycles. The van der Waals surface area contributed by atoms with Crippen LogP contribution in [0.5, 0.6) is 0 Å². The van der Waals surface area contributed by atoms with E-state index in [4.69, 9.17) is 5.11 Å². The molecular formula is C12H14N2O2S. The Bertz CT molecular complexity index is 552.